The number of hydrogen-bond donors (Lipinski definition) is 1. The van der Waals surface area contributed by atoms with Crippen molar-refractivity contribution in [3.63, 3.8) is 0 Å². The zero-order valence-electron chi connectivity index (χ0n) is 19.5. The van der Waals surface area contributed by atoms with Crippen LogP contribution in [0.15, 0.2) is 55.2 Å². The van der Waals surface area contributed by atoms with E-state index in [0.717, 1.165) is 33.5 Å². The van der Waals surface area contributed by atoms with Crippen molar-refractivity contribution in [3.05, 3.63) is 76.1 Å². The van der Waals surface area contributed by atoms with Gasteiger partial charge in [-0.1, -0.05) is 12.1 Å². The average molecular weight is 472 g/mol. The Bertz CT molecular complexity index is 1460. The smallest absolute Gasteiger partial charge is 0.252 e. The zero-order chi connectivity index (χ0) is 23.8. The lowest BCUT2D eigenvalue weighted by atomic mass is 10.1. The first kappa shape index (κ1) is 22.0. The van der Waals surface area contributed by atoms with Crippen molar-refractivity contribution in [3.8, 4) is 16.9 Å². The van der Waals surface area contributed by atoms with E-state index in [1.54, 1.807) is 28.5 Å². The molecule has 1 amide bonds. The summed E-state index contributed by atoms with van der Waals surface area (Å²) in [6.07, 6.45) is 4.88. The molecule has 0 aliphatic heterocycles. The second-order valence-corrected chi connectivity index (χ2v) is 9.95. The predicted octanol–water partition coefficient (Wildman–Crippen LogP) is 4.87. The Morgan fingerprint density at radius 3 is 2.56 bits per heavy atom. The summed E-state index contributed by atoms with van der Waals surface area (Å²) in [5.74, 6) is -0.151. The Morgan fingerprint density at radius 2 is 1.91 bits per heavy atom. The van der Waals surface area contributed by atoms with Gasteiger partial charge in [0.2, 0.25) is 0 Å². The minimum absolute atomic E-state index is 0.130. The van der Waals surface area contributed by atoms with E-state index >= 15 is 0 Å². The number of fused-ring (bicyclic) bond motifs is 1. The maximum Gasteiger partial charge on any atom is 0.252 e. The van der Waals surface area contributed by atoms with Crippen LogP contribution in [0.2, 0.25) is 0 Å². The molecule has 0 atom stereocenters. The normalized spacial score (nSPS) is 11.4. The van der Waals surface area contributed by atoms with Gasteiger partial charge in [0.1, 0.15) is 12.7 Å². The molecule has 8 nitrogen and oxygen atoms in total. The maximum absolute atomic E-state index is 13.3. The number of pyridine rings is 1. The van der Waals surface area contributed by atoms with Crippen molar-refractivity contribution < 1.29 is 4.79 Å². The fourth-order valence-electron chi connectivity index (χ4n) is 3.99. The van der Waals surface area contributed by atoms with Gasteiger partial charge in [0.25, 0.3) is 5.91 Å². The van der Waals surface area contributed by atoms with E-state index in [2.05, 4.69) is 54.3 Å². The molecule has 0 fully saturated rings. The number of nitrogens with one attached hydrogen (secondary N) is 1. The van der Waals surface area contributed by atoms with Crippen molar-refractivity contribution in [2.24, 2.45) is 0 Å². The number of thiophene rings is 1. The number of aryl methyl sites for hydroxylation is 2. The standard InChI is InChI=1S/C25H25N7OS/c1-15(2)32-24-22(12-28-32)21(10-23(30-24)20-9-16(3)34-17(20)4)25(33)27-11-18-5-7-19(8-6-18)31-14-26-13-29-31/h5-10,12-15H,11H2,1-4H3,(H,27,33). The molecule has 1 N–H and O–H groups in total. The van der Waals surface area contributed by atoms with Crippen LogP contribution in [0, 0.1) is 13.8 Å². The second kappa shape index (κ2) is 8.83. The number of rotatable bonds is 6. The van der Waals surface area contributed by atoms with Gasteiger partial charge >= 0.3 is 0 Å². The molecule has 0 aliphatic rings. The van der Waals surface area contributed by atoms with Gasteiger partial charge in [-0.3, -0.25) is 4.79 Å². The lowest BCUT2D eigenvalue weighted by molar-refractivity contribution is 0.0952. The Balaban J connectivity index is 1.46. The molecule has 0 aliphatic carbocycles. The molecule has 0 saturated heterocycles. The summed E-state index contributed by atoms with van der Waals surface area (Å²) in [5, 5.41) is 12.5. The van der Waals surface area contributed by atoms with Gasteiger partial charge in [-0.05, 0) is 57.5 Å². The van der Waals surface area contributed by atoms with Crippen LogP contribution >= 0.6 is 11.3 Å². The third-order valence-electron chi connectivity index (χ3n) is 5.69. The Kier molecular flexibility index (Phi) is 5.70. The van der Waals surface area contributed by atoms with Crippen molar-refractivity contribution in [1.82, 2.24) is 34.8 Å². The van der Waals surface area contributed by atoms with Crippen molar-refractivity contribution in [2.75, 3.05) is 0 Å². The second-order valence-electron chi connectivity index (χ2n) is 8.49. The molecule has 5 rings (SSSR count). The van der Waals surface area contributed by atoms with E-state index in [0.29, 0.717) is 12.1 Å². The fraction of sp³-hybridized carbons (Fsp3) is 0.240. The number of aromatic nitrogens is 6. The molecule has 0 spiro atoms. The highest BCUT2D eigenvalue weighted by Gasteiger charge is 2.19. The van der Waals surface area contributed by atoms with Crippen LogP contribution in [0.25, 0.3) is 28.0 Å². The highest BCUT2D eigenvalue weighted by Crippen LogP contribution is 2.32. The molecule has 4 heterocycles. The van der Waals surface area contributed by atoms with Gasteiger partial charge in [-0.15, -0.1) is 11.3 Å². The number of carbonyl (C=O) groups excluding carboxylic acids is 1. The van der Waals surface area contributed by atoms with Gasteiger partial charge in [0, 0.05) is 27.9 Å². The zero-order valence-corrected chi connectivity index (χ0v) is 20.3. The van der Waals surface area contributed by atoms with Crippen LogP contribution in [0.4, 0.5) is 0 Å². The van der Waals surface area contributed by atoms with Crippen LogP contribution in [0.3, 0.4) is 0 Å². The summed E-state index contributed by atoms with van der Waals surface area (Å²) in [6.45, 7) is 8.69. The molecule has 4 aromatic heterocycles. The molecule has 0 saturated carbocycles. The molecule has 9 heteroatoms. The topological polar surface area (TPSA) is 90.5 Å². The summed E-state index contributed by atoms with van der Waals surface area (Å²) in [7, 11) is 0. The molecule has 0 bridgehead atoms. The van der Waals surface area contributed by atoms with Crippen molar-refractivity contribution in [2.45, 2.75) is 40.3 Å². The molecule has 0 radical (unpaired) electrons. The van der Waals surface area contributed by atoms with Gasteiger partial charge in [-0.2, -0.15) is 10.2 Å². The van der Waals surface area contributed by atoms with E-state index in [1.807, 2.05) is 35.0 Å². The highest BCUT2D eigenvalue weighted by molar-refractivity contribution is 7.12. The Morgan fingerprint density at radius 1 is 1.12 bits per heavy atom. The summed E-state index contributed by atoms with van der Waals surface area (Å²) in [5.41, 5.74) is 5.05. The summed E-state index contributed by atoms with van der Waals surface area (Å²) in [6, 6.07) is 12.0. The van der Waals surface area contributed by atoms with E-state index < -0.39 is 0 Å². The molecule has 34 heavy (non-hydrogen) atoms. The average Bonchev–Trinajstić information content (AvgIpc) is 3.57. The molecule has 0 unspecified atom stereocenters. The first-order valence-electron chi connectivity index (χ1n) is 11.1. The minimum Gasteiger partial charge on any atom is -0.348 e. The molecular weight excluding hydrogens is 446 g/mol. The number of amides is 1. The number of hydrogen-bond acceptors (Lipinski definition) is 6. The lowest BCUT2D eigenvalue weighted by Gasteiger charge is -2.11. The minimum atomic E-state index is -0.151. The van der Waals surface area contributed by atoms with E-state index in [9.17, 15) is 4.79 Å². The number of benzene rings is 1. The monoisotopic (exact) mass is 471 g/mol. The molecular formula is C25H25N7OS. The first-order chi connectivity index (χ1) is 16.4. The van der Waals surface area contributed by atoms with Crippen LogP contribution < -0.4 is 5.32 Å². The summed E-state index contributed by atoms with van der Waals surface area (Å²) in [4.78, 5) is 24.6. The molecule has 5 aromatic rings. The van der Waals surface area contributed by atoms with Crippen LogP contribution in [-0.2, 0) is 6.54 Å². The summed E-state index contributed by atoms with van der Waals surface area (Å²) < 4.78 is 3.56. The van der Waals surface area contributed by atoms with Gasteiger partial charge < -0.3 is 5.32 Å². The van der Waals surface area contributed by atoms with Crippen LogP contribution in [0.1, 0.15) is 45.6 Å². The van der Waals surface area contributed by atoms with Crippen molar-refractivity contribution >= 4 is 28.3 Å². The quantitative estimate of drug-likeness (QED) is 0.382. The van der Waals surface area contributed by atoms with E-state index in [4.69, 9.17) is 4.98 Å². The Hall–Kier alpha value is -3.85. The largest absolute Gasteiger partial charge is 0.348 e. The molecule has 172 valence electrons. The molecule has 1 aromatic carbocycles. The number of carbonyl (C=O) groups is 1. The van der Waals surface area contributed by atoms with E-state index in [-0.39, 0.29) is 11.9 Å². The SMILES string of the molecule is Cc1cc(-c2cc(C(=O)NCc3ccc(-n4cncn4)cc3)c3cnn(C(C)C)c3n2)c(C)s1. The van der Waals surface area contributed by atoms with Gasteiger partial charge in [0.05, 0.1) is 28.5 Å². The van der Waals surface area contributed by atoms with Crippen LogP contribution in [-0.4, -0.2) is 35.4 Å². The van der Waals surface area contributed by atoms with Crippen molar-refractivity contribution in [1.29, 1.82) is 0 Å². The first-order valence-corrected chi connectivity index (χ1v) is 11.9. The number of nitrogens with zero attached hydrogens (tertiary/aromatic N) is 6. The van der Waals surface area contributed by atoms with E-state index in [1.165, 1.54) is 16.1 Å². The Labute approximate surface area is 201 Å². The van der Waals surface area contributed by atoms with Gasteiger partial charge in [0.15, 0.2) is 5.65 Å². The predicted molar refractivity (Wildman–Crippen MR) is 133 cm³/mol. The maximum atomic E-state index is 13.3. The van der Waals surface area contributed by atoms with Crippen LogP contribution in [0.5, 0.6) is 0 Å². The summed E-state index contributed by atoms with van der Waals surface area (Å²) >= 11 is 1.73. The third-order valence-corrected chi connectivity index (χ3v) is 6.66. The third kappa shape index (κ3) is 4.10. The fourth-order valence-corrected chi connectivity index (χ4v) is 4.93. The highest BCUT2D eigenvalue weighted by atomic mass is 32.1. The lowest BCUT2D eigenvalue weighted by Crippen LogP contribution is -2.23. The van der Waals surface area contributed by atoms with Gasteiger partial charge in [-0.25, -0.2) is 19.3 Å².